The van der Waals surface area contributed by atoms with E-state index in [-0.39, 0.29) is 52.7 Å². The number of anilines is 1. The highest BCUT2D eigenvalue weighted by Gasteiger charge is 2.40. The van der Waals surface area contributed by atoms with Crippen molar-refractivity contribution in [2.24, 2.45) is 5.92 Å². The predicted molar refractivity (Wildman–Crippen MR) is 193 cm³/mol. The maximum Gasteiger partial charge on any atom is 0.257 e. The van der Waals surface area contributed by atoms with Gasteiger partial charge in [0.2, 0.25) is 5.91 Å². The van der Waals surface area contributed by atoms with Gasteiger partial charge in [-0.1, -0.05) is 36.7 Å². The molecule has 0 bridgehead atoms. The number of fused-ring (bicyclic) bond motifs is 1. The molecule has 3 saturated heterocycles. The molecule has 0 spiro atoms. The van der Waals surface area contributed by atoms with Crippen LogP contribution in [0, 0.1) is 11.7 Å². The second kappa shape index (κ2) is 15.7. The van der Waals surface area contributed by atoms with Crippen molar-refractivity contribution in [3.8, 4) is 0 Å². The molecule has 1 aliphatic carbocycles. The summed E-state index contributed by atoms with van der Waals surface area (Å²) in [6.45, 7) is 9.12. The lowest BCUT2D eigenvalue weighted by molar-refractivity contribution is -0.133. The Balaban J connectivity index is 1.01. The van der Waals surface area contributed by atoms with Gasteiger partial charge >= 0.3 is 0 Å². The van der Waals surface area contributed by atoms with Crippen molar-refractivity contribution >= 4 is 50.5 Å². The van der Waals surface area contributed by atoms with Gasteiger partial charge in [-0.15, -0.1) is 11.3 Å². The molecule has 8 nitrogen and oxygen atoms in total. The molecule has 7 rings (SSSR count). The second-order valence-electron chi connectivity index (χ2n) is 14.4. The van der Waals surface area contributed by atoms with E-state index >= 15 is 4.39 Å². The Bertz CT molecular complexity index is 1620. The Morgan fingerprint density at radius 1 is 1.00 bits per heavy atom. The average Bonchev–Trinajstić information content (AvgIpc) is 3.76. The van der Waals surface area contributed by atoms with E-state index in [0.29, 0.717) is 24.8 Å². The fourth-order valence-electron chi connectivity index (χ4n) is 8.25. The number of carbonyl (C=O) groups excluding carboxylic acids is 2. The minimum absolute atomic E-state index is 0.0497. The number of halogens is 2. The summed E-state index contributed by atoms with van der Waals surface area (Å²) in [5.74, 6) is -0.289. The van der Waals surface area contributed by atoms with Crippen molar-refractivity contribution in [3.05, 3.63) is 63.7 Å². The summed E-state index contributed by atoms with van der Waals surface area (Å²) in [5, 5.41) is 5.61. The van der Waals surface area contributed by atoms with Gasteiger partial charge in [-0.2, -0.15) is 0 Å². The maximum atomic E-state index is 15.6. The number of rotatable bonds is 9. The maximum absolute atomic E-state index is 15.6. The molecule has 3 aromatic rings. The molecule has 1 saturated carbocycles. The van der Waals surface area contributed by atoms with Crippen LogP contribution in [0.3, 0.4) is 0 Å². The molecule has 0 radical (unpaired) electrons. The number of ether oxygens (including phenoxy) is 2. The van der Waals surface area contributed by atoms with E-state index in [4.69, 9.17) is 21.1 Å². The monoisotopic (exact) mass is 710 g/mol. The Labute approximate surface area is 297 Å². The van der Waals surface area contributed by atoms with Crippen LogP contribution in [0.5, 0.6) is 0 Å². The highest BCUT2D eigenvalue weighted by molar-refractivity contribution is 7.17. The van der Waals surface area contributed by atoms with E-state index < -0.39 is 5.82 Å². The van der Waals surface area contributed by atoms with Crippen molar-refractivity contribution < 1.29 is 23.5 Å². The third-order valence-corrected chi connectivity index (χ3v) is 12.5. The highest BCUT2D eigenvalue weighted by atomic mass is 35.5. The number of amides is 2. The number of nitrogens with zero attached hydrogens (tertiary/aromatic N) is 3. The third kappa shape index (κ3) is 8.16. The SMILES string of the molecule is CC1CCC(OC[C@@H]2C[C@H](N3CCC(N4CCOCC4)CC3)CN2C(=O)Cc2cc(Cl)c(NC(=O)c3csc4ccccc34)cc2F)CC1. The molecule has 4 aliphatic rings. The van der Waals surface area contributed by atoms with Crippen LogP contribution in [-0.2, 0) is 20.7 Å². The molecular weight excluding hydrogens is 663 g/mol. The minimum Gasteiger partial charge on any atom is -0.379 e. The molecule has 3 aliphatic heterocycles. The molecule has 264 valence electrons. The average molecular weight is 711 g/mol. The van der Waals surface area contributed by atoms with Gasteiger partial charge < -0.3 is 19.7 Å². The normalized spacial score (nSPS) is 26.0. The van der Waals surface area contributed by atoms with Crippen molar-refractivity contribution in [1.82, 2.24) is 14.7 Å². The van der Waals surface area contributed by atoms with E-state index in [9.17, 15) is 9.59 Å². The molecule has 2 aromatic carbocycles. The van der Waals surface area contributed by atoms with Crippen molar-refractivity contribution in [2.75, 3.05) is 57.9 Å². The molecule has 2 amide bonds. The Kier molecular flexibility index (Phi) is 11.2. The fourth-order valence-corrected chi connectivity index (χ4v) is 9.42. The summed E-state index contributed by atoms with van der Waals surface area (Å²) in [6, 6.07) is 11.2. The van der Waals surface area contributed by atoms with E-state index in [1.807, 2.05) is 29.2 Å². The number of likely N-dealkylation sites (tertiary alicyclic amines) is 2. The largest absolute Gasteiger partial charge is 0.379 e. The Hall–Kier alpha value is -2.60. The topological polar surface area (TPSA) is 74.3 Å². The lowest BCUT2D eigenvalue weighted by Gasteiger charge is -2.41. The van der Waals surface area contributed by atoms with Crippen LogP contribution in [0.2, 0.25) is 5.02 Å². The Morgan fingerprint density at radius 3 is 2.51 bits per heavy atom. The van der Waals surface area contributed by atoms with Gasteiger partial charge in [0, 0.05) is 47.2 Å². The molecule has 4 fully saturated rings. The zero-order chi connectivity index (χ0) is 33.9. The van der Waals surface area contributed by atoms with Crippen molar-refractivity contribution in [2.45, 2.75) is 82.5 Å². The minimum atomic E-state index is -0.562. The summed E-state index contributed by atoms with van der Waals surface area (Å²) < 4.78 is 28.6. The number of benzene rings is 2. The van der Waals surface area contributed by atoms with Gasteiger partial charge in [0.1, 0.15) is 5.82 Å². The standard InChI is InChI=1S/C38H48ClFN4O4S/c1-25-6-8-30(9-7-25)48-23-29-20-28(42-12-10-27(11-13-42)43-14-16-47-17-15-43)22-44(29)37(45)19-26-18-33(39)35(21-34(26)40)41-38(46)32-24-49-36-5-3-2-4-31(32)36/h2-5,18,21,24-25,27-30H,6-17,19-20,22-23H2,1H3,(H,41,46)/t25?,28-,29-,30?/m0/s1. The number of hydrogen-bond acceptors (Lipinski definition) is 7. The van der Waals surface area contributed by atoms with Crippen LogP contribution < -0.4 is 5.32 Å². The fraction of sp³-hybridized carbons (Fsp3) is 0.579. The van der Waals surface area contributed by atoms with Crippen LogP contribution in [-0.4, -0.2) is 103 Å². The van der Waals surface area contributed by atoms with Crippen LogP contribution >= 0.6 is 22.9 Å². The molecule has 1 N–H and O–H groups in total. The van der Waals surface area contributed by atoms with Crippen LogP contribution in [0.1, 0.15) is 67.8 Å². The predicted octanol–water partition coefficient (Wildman–Crippen LogP) is 6.85. The number of thiophene rings is 1. The Morgan fingerprint density at radius 2 is 1.73 bits per heavy atom. The summed E-state index contributed by atoms with van der Waals surface area (Å²) in [4.78, 5) is 34.2. The molecular formula is C38H48ClFN4O4S. The zero-order valence-corrected chi connectivity index (χ0v) is 30.0. The van der Waals surface area contributed by atoms with E-state index in [0.717, 1.165) is 87.5 Å². The second-order valence-corrected chi connectivity index (χ2v) is 15.7. The first-order chi connectivity index (χ1) is 23.8. The van der Waals surface area contributed by atoms with Gasteiger partial charge in [-0.05, 0) is 87.7 Å². The van der Waals surface area contributed by atoms with E-state index in [2.05, 4.69) is 22.0 Å². The third-order valence-electron chi connectivity index (χ3n) is 11.2. The summed E-state index contributed by atoms with van der Waals surface area (Å²) in [7, 11) is 0. The van der Waals surface area contributed by atoms with Crippen molar-refractivity contribution in [1.29, 1.82) is 0 Å². The lowest BCUT2D eigenvalue weighted by Crippen LogP contribution is -2.51. The van der Waals surface area contributed by atoms with Crippen LogP contribution in [0.4, 0.5) is 10.1 Å². The van der Waals surface area contributed by atoms with Crippen LogP contribution in [0.25, 0.3) is 10.1 Å². The first-order valence-corrected chi connectivity index (χ1v) is 19.3. The molecule has 11 heteroatoms. The van der Waals surface area contributed by atoms with Gasteiger partial charge in [0.15, 0.2) is 0 Å². The first-order valence-electron chi connectivity index (χ1n) is 18.0. The van der Waals surface area contributed by atoms with Gasteiger partial charge in [0.05, 0.1) is 54.7 Å². The van der Waals surface area contributed by atoms with E-state index in [1.165, 1.54) is 36.3 Å². The lowest BCUT2D eigenvalue weighted by atomic mass is 9.89. The molecule has 4 heterocycles. The highest BCUT2D eigenvalue weighted by Crippen LogP contribution is 2.33. The molecule has 0 unspecified atom stereocenters. The summed E-state index contributed by atoms with van der Waals surface area (Å²) in [6.07, 6.45) is 7.74. The number of piperidine rings is 1. The molecule has 2 atom stereocenters. The molecule has 1 aromatic heterocycles. The number of nitrogens with one attached hydrogen (secondary N) is 1. The first kappa shape index (κ1) is 34.8. The number of carbonyl (C=O) groups is 2. The number of morpholine rings is 1. The van der Waals surface area contributed by atoms with Gasteiger partial charge in [-0.25, -0.2) is 4.39 Å². The van der Waals surface area contributed by atoms with E-state index in [1.54, 1.807) is 5.38 Å². The summed E-state index contributed by atoms with van der Waals surface area (Å²) >= 11 is 8.07. The van der Waals surface area contributed by atoms with Crippen LogP contribution in [0.15, 0.2) is 41.8 Å². The summed E-state index contributed by atoms with van der Waals surface area (Å²) in [5.41, 5.74) is 0.927. The van der Waals surface area contributed by atoms with Gasteiger partial charge in [-0.3, -0.25) is 19.4 Å². The smallest absolute Gasteiger partial charge is 0.257 e. The van der Waals surface area contributed by atoms with Crippen molar-refractivity contribution in [3.63, 3.8) is 0 Å². The number of hydrogen-bond donors (Lipinski definition) is 1. The zero-order valence-electron chi connectivity index (χ0n) is 28.4. The van der Waals surface area contributed by atoms with Gasteiger partial charge in [0.25, 0.3) is 5.91 Å². The quantitative estimate of drug-likeness (QED) is 0.262. The molecule has 49 heavy (non-hydrogen) atoms.